The van der Waals surface area contributed by atoms with Crippen LogP contribution >= 0.6 is 11.3 Å². The smallest absolute Gasteiger partial charge is 0.0408 e. The fraction of sp³-hybridized carbons (Fsp3) is 0.0769. The van der Waals surface area contributed by atoms with E-state index >= 15 is 0 Å². The van der Waals surface area contributed by atoms with Gasteiger partial charge in [0.05, 0.1) is 0 Å². The third-order valence-corrected chi connectivity index (χ3v) is 6.47. The highest BCUT2D eigenvalue weighted by molar-refractivity contribution is 7.25. The number of likely N-dealkylation sites (N-methyl/N-ethyl adjacent to an activating group) is 1. The number of fused-ring (bicyclic) bond motifs is 3. The Balaban J connectivity index is 1.49. The lowest BCUT2D eigenvalue weighted by Gasteiger charge is -2.20. The summed E-state index contributed by atoms with van der Waals surface area (Å²) in [6, 6.07) is 24.3. The third kappa shape index (κ3) is 3.06. The lowest BCUT2D eigenvalue weighted by molar-refractivity contribution is 1.14. The van der Waals surface area contributed by atoms with Crippen molar-refractivity contribution in [2.75, 3.05) is 11.9 Å². The summed E-state index contributed by atoms with van der Waals surface area (Å²) in [5.74, 6) is 0. The molecule has 0 atom stereocenters. The number of hydrogen-bond acceptors (Lipinski definition) is 2. The van der Waals surface area contributed by atoms with Crippen molar-refractivity contribution in [2.24, 2.45) is 0 Å². The van der Waals surface area contributed by atoms with E-state index < -0.39 is 0 Å². The van der Waals surface area contributed by atoms with E-state index in [2.05, 4.69) is 109 Å². The molecule has 28 heavy (non-hydrogen) atoms. The highest BCUT2D eigenvalue weighted by Crippen LogP contribution is 2.36. The van der Waals surface area contributed by atoms with Gasteiger partial charge < -0.3 is 4.90 Å². The SMILES string of the molecule is CN(C1=CC=CCC=C1)c1ccc(-c2ccc3sc4ccccc4c3c2)cc1. The summed E-state index contributed by atoms with van der Waals surface area (Å²) in [5, 5.41) is 2.70. The number of hydrogen-bond donors (Lipinski definition) is 0. The van der Waals surface area contributed by atoms with Gasteiger partial charge >= 0.3 is 0 Å². The maximum absolute atomic E-state index is 2.33. The van der Waals surface area contributed by atoms with E-state index in [-0.39, 0.29) is 0 Å². The molecule has 0 unspecified atom stereocenters. The molecule has 0 saturated carbocycles. The van der Waals surface area contributed by atoms with Crippen LogP contribution in [0.25, 0.3) is 31.3 Å². The highest BCUT2D eigenvalue weighted by Gasteiger charge is 2.08. The molecule has 1 aromatic heterocycles. The van der Waals surface area contributed by atoms with Crippen molar-refractivity contribution in [1.82, 2.24) is 0 Å². The van der Waals surface area contributed by atoms with Crippen LogP contribution in [0.2, 0.25) is 0 Å². The Labute approximate surface area is 169 Å². The van der Waals surface area contributed by atoms with Crippen molar-refractivity contribution in [1.29, 1.82) is 0 Å². The lowest BCUT2D eigenvalue weighted by atomic mass is 10.0. The first-order valence-electron chi connectivity index (χ1n) is 9.58. The number of benzene rings is 3. The van der Waals surface area contributed by atoms with Crippen molar-refractivity contribution in [3.8, 4) is 11.1 Å². The minimum atomic E-state index is 0.993. The van der Waals surface area contributed by atoms with Gasteiger partial charge in [0, 0.05) is 38.6 Å². The first kappa shape index (κ1) is 17.0. The lowest BCUT2D eigenvalue weighted by Crippen LogP contribution is -2.14. The molecule has 1 aliphatic rings. The largest absolute Gasteiger partial charge is 0.345 e. The van der Waals surface area contributed by atoms with Crippen molar-refractivity contribution >= 4 is 37.2 Å². The number of thiophene rings is 1. The Bertz CT molecular complexity index is 1240. The summed E-state index contributed by atoms with van der Waals surface area (Å²) in [7, 11) is 2.12. The Kier molecular flexibility index (Phi) is 4.34. The molecule has 3 aromatic carbocycles. The molecule has 1 nitrogen and oxygen atoms in total. The Morgan fingerprint density at radius 2 is 1.57 bits per heavy atom. The van der Waals surface area contributed by atoms with Crippen molar-refractivity contribution in [2.45, 2.75) is 6.42 Å². The van der Waals surface area contributed by atoms with Gasteiger partial charge in [-0.15, -0.1) is 11.3 Å². The Morgan fingerprint density at radius 1 is 0.786 bits per heavy atom. The zero-order valence-electron chi connectivity index (χ0n) is 15.8. The van der Waals surface area contributed by atoms with Crippen LogP contribution in [0, 0.1) is 0 Å². The molecular formula is C26H21NS. The van der Waals surface area contributed by atoms with Gasteiger partial charge in [0.15, 0.2) is 0 Å². The average molecular weight is 380 g/mol. The van der Waals surface area contributed by atoms with Gasteiger partial charge in [-0.2, -0.15) is 0 Å². The molecule has 5 rings (SSSR count). The molecule has 0 spiro atoms. The standard InChI is InChI=1S/C26H21NS/c1-27(21-8-4-2-3-5-9-21)22-15-12-19(13-16-22)20-14-17-26-24(18-20)23-10-6-7-11-25(23)28-26/h2,4-18H,3H2,1H3. The van der Waals surface area contributed by atoms with Gasteiger partial charge in [-0.1, -0.05) is 54.6 Å². The van der Waals surface area contributed by atoms with E-state index in [1.807, 2.05) is 11.3 Å². The average Bonchev–Trinajstić information content (AvgIpc) is 2.91. The number of anilines is 1. The molecule has 0 aliphatic heterocycles. The molecule has 0 amide bonds. The molecular weight excluding hydrogens is 358 g/mol. The van der Waals surface area contributed by atoms with Crippen molar-refractivity contribution < 1.29 is 0 Å². The van der Waals surface area contributed by atoms with Crippen LogP contribution in [0.5, 0.6) is 0 Å². The van der Waals surface area contributed by atoms with E-state index in [1.165, 1.54) is 42.7 Å². The molecule has 0 bridgehead atoms. The third-order valence-electron chi connectivity index (χ3n) is 5.32. The maximum Gasteiger partial charge on any atom is 0.0408 e. The van der Waals surface area contributed by atoms with E-state index in [9.17, 15) is 0 Å². The molecule has 1 heterocycles. The summed E-state index contributed by atoms with van der Waals surface area (Å²) < 4.78 is 2.70. The van der Waals surface area contributed by atoms with Gasteiger partial charge in [-0.3, -0.25) is 0 Å². The monoisotopic (exact) mass is 379 g/mol. The first-order valence-corrected chi connectivity index (χ1v) is 10.4. The quantitative estimate of drug-likeness (QED) is 0.355. The topological polar surface area (TPSA) is 3.24 Å². The van der Waals surface area contributed by atoms with Gasteiger partial charge in [-0.05, 0) is 60.0 Å². The highest BCUT2D eigenvalue weighted by atomic mass is 32.1. The molecule has 1 aliphatic carbocycles. The maximum atomic E-state index is 2.33. The van der Waals surface area contributed by atoms with Gasteiger partial charge in [0.1, 0.15) is 0 Å². The molecule has 4 aromatic rings. The first-order chi connectivity index (χ1) is 13.8. The summed E-state index contributed by atoms with van der Waals surface area (Å²) in [6.07, 6.45) is 11.8. The predicted molar refractivity (Wildman–Crippen MR) is 124 cm³/mol. The van der Waals surface area contributed by atoms with Crippen LogP contribution in [-0.2, 0) is 0 Å². The summed E-state index contributed by atoms with van der Waals surface area (Å²) >= 11 is 1.86. The summed E-state index contributed by atoms with van der Waals surface area (Å²) in [5.41, 5.74) is 4.91. The summed E-state index contributed by atoms with van der Waals surface area (Å²) in [6.45, 7) is 0. The molecule has 0 radical (unpaired) electrons. The van der Waals surface area contributed by atoms with E-state index in [0.29, 0.717) is 0 Å². The van der Waals surface area contributed by atoms with Gasteiger partial charge in [0.2, 0.25) is 0 Å². The van der Waals surface area contributed by atoms with Crippen LogP contribution in [0.4, 0.5) is 5.69 Å². The molecule has 0 N–H and O–H groups in total. The van der Waals surface area contributed by atoms with Crippen molar-refractivity contribution in [3.63, 3.8) is 0 Å². The second kappa shape index (κ2) is 7.14. The number of rotatable bonds is 3. The number of nitrogens with zero attached hydrogens (tertiary/aromatic N) is 1. The van der Waals surface area contributed by atoms with Crippen molar-refractivity contribution in [3.05, 3.63) is 103 Å². The van der Waals surface area contributed by atoms with Crippen LogP contribution < -0.4 is 4.90 Å². The van der Waals surface area contributed by atoms with Gasteiger partial charge in [0.25, 0.3) is 0 Å². The van der Waals surface area contributed by atoms with E-state index in [1.54, 1.807) is 0 Å². The van der Waals surface area contributed by atoms with E-state index in [0.717, 1.165) is 6.42 Å². The van der Waals surface area contributed by atoms with Crippen LogP contribution in [-0.4, -0.2) is 7.05 Å². The van der Waals surface area contributed by atoms with Crippen LogP contribution in [0.1, 0.15) is 6.42 Å². The molecule has 0 saturated heterocycles. The normalized spacial score (nSPS) is 13.7. The van der Waals surface area contributed by atoms with Gasteiger partial charge in [-0.25, -0.2) is 0 Å². The van der Waals surface area contributed by atoms with Crippen LogP contribution in [0.15, 0.2) is 103 Å². The zero-order valence-corrected chi connectivity index (χ0v) is 16.6. The Hall–Kier alpha value is -3.10. The van der Waals surface area contributed by atoms with E-state index in [4.69, 9.17) is 0 Å². The Morgan fingerprint density at radius 3 is 2.46 bits per heavy atom. The fourth-order valence-electron chi connectivity index (χ4n) is 3.72. The molecule has 0 fully saturated rings. The predicted octanol–water partition coefficient (Wildman–Crippen LogP) is 7.56. The molecule has 2 heteroatoms. The minimum absolute atomic E-state index is 0.993. The minimum Gasteiger partial charge on any atom is -0.345 e. The second-order valence-corrected chi connectivity index (χ2v) is 8.16. The van der Waals surface area contributed by atoms with Crippen LogP contribution in [0.3, 0.4) is 0 Å². The zero-order chi connectivity index (χ0) is 18.9. The summed E-state index contributed by atoms with van der Waals surface area (Å²) in [4.78, 5) is 2.23. The molecule has 136 valence electrons. The number of allylic oxidation sites excluding steroid dienone is 5. The fourth-order valence-corrected chi connectivity index (χ4v) is 4.81. The second-order valence-electron chi connectivity index (χ2n) is 7.07.